The summed E-state index contributed by atoms with van der Waals surface area (Å²) in [5.74, 6) is -0.170. The number of carbonyl (C=O) groups is 1. The van der Waals surface area contributed by atoms with Crippen LogP contribution in [0.5, 0.6) is 0 Å². The van der Waals surface area contributed by atoms with Crippen molar-refractivity contribution in [1.82, 2.24) is 10.2 Å². The van der Waals surface area contributed by atoms with Crippen LogP contribution in [-0.4, -0.2) is 23.9 Å². The fourth-order valence-corrected chi connectivity index (χ4v) is 3.10. The van der Waals surface area contributed by atoms with Crippen molar-refractivity contribution in [2.24, 2.45) is 0 Å². The van der Waals surface area contributed by atoms with Gasteiger partial charge in [0, 0.05) is 31.6 Å². The predicted octanol–water partition coefficient (Wildman–Crippen LogP) is 3.15. The van der Waals surface area contributed by atoms with Crippen molar-refractivity contribution in [3.63, 3.8) is 0 Å². The van der Waals surface area contributed by atoms with Crippen LogP contribution < -0.4 is 5.32 Å². The van der Waals surface area contributed by atoms with Crippen LogP contribution in [0.2, 0.25) is 0 Å². The third-order valence-electron chi connectivity index (χ3n) is 4.49. The maximum atomic E-state index is 14.0. The van der Waals surface area contributed by atoms with Crippen molar-refractivity contribution in [3.8, 4) is 6.07 Å². The number of benzene rings is 2. The number of amides is 1. The Bertz CT molecular complexity index is 785. The van der Waals surface area contributed by atoms with Crippen molar-refractivity contribution in [3.05, 3.63) is 71.0 Å². The van der Waals surface area contributed by atoms with Gasteiger partial charge in [-0.3, -0.25) is 4.79 Å². The summed E-state index contributed by atoms with van der Waals surface area (Å²) >= 11 is 0. The first-order valence-corrected chi connectivity index (χ1v) is 8.42. The minimum absolute atomic E-state index is 0.0895. The van der Waals surface area contributed by atoms with Gasteiger partial charge in [-0.1, -0.05) is 30.3 Å². The summed E-state index contributed by atoms with van der Waals surface area (Å²) in [5, 5.41) is 12.3. The molecule has 0 spiro atoms. The summed E-state index contributed by atoms with van der Waals surface area (Å²) in [6.45, 7) is 1.62. The lowest BCUT2D eigenvalue weighted by molar-refractivity contribution is -0.128. The third kappa shape index (κ3) is 4.23. The molecule has 3 rings (SSSR count). The second-order valence-corrected chi connectivity index (χ2v) is 6.21. The largest absolute Gasteiger partial charge is 0.341 e. The summed E-state index contributed by atoms with van der Waals surface area (Å²) in [4.78, 5) is 13.8. The Labute approximate surface area is 146 Å². The summed E-state index contributed by atoms with van der Waals surface area (Å²) in [7, 11) is 0. The number of halogens is 1. The molecule has 1 amide bonds. The average molecular weight is 337 g/mol. The molecule has 0 bridgehead atoms. The number of carbonyl (C=O) groups excluding carboxylic acids is 1. The second kappa shape index (κ2) is 7.91. The first kappa shape index (κ1) is 17.1. The molecule has 1 atom stereocenters. The molecule has 4 nitrogen and oxygen atoms in total. The lowest BCUT2D eigenvalue weighted by Crippen LogP contribution is -2.35. The average Bonchev–Trinajstić information content (AvgIpc) is 3.05. The van der Waals surface area contributed by atoms with Crippen LogP contribution in [0.25, 0.3) is 0 Å². The zero-order valence-corrected chi connectivity index (χ0v) is 13.9. The van der Waals surface area contributed by atoms with E-state index in [0.29, 0.717) is 30.6 Å². The van der Waals surface area contributed by atoms with Gasteiger partial charge in [0.15, 0.2) is 0 Å². The van der Waals surface area contributed by atoms with E-state index in [1.54, 1.807) is 6.07 Å². The highest BCUT2D eigenvalue weighted by atomic mass is 19.1. The molecule has 1 heterocycles. The highest BCUT2D eigenvalue weighted by Gasteiger charge is 2.24. The Morgan fingerprint density at radius 1 is 1.24 bits per heavy atom. The second-order valence-electron chi connectivity index (χ2n) is 6.21. The fourth-order valence-electron chi connectivity index (χ4n) is 3.10. The SMILES string of the molecule is N#Cc1ccc(F)c(CN[C@@H](CN2CCCC2=O)c2ccccc2)c1. The monoisotopic (exact) mass is 337 g/mol. The molecule has 2 aromatic rings. The molecule has 1 aliphatic rings. The molecule has 1 fully saturated rings. The molecule has 0 radical (unpaired) electrons. The van der Waals surface area contributed by atoms with E-state index in [4.69, 9.17) is 5.26 Å². The molecule has 128 valence electrons. The molecule has 0 aliphatic carbocycles. The lowest BCUT2D eigenvalue weighted by atomic mass is 10.1. The minimum Gasteiger partial charge on any atom is -0.341 e. The Balaban J connectivity index is 1.76. The molecule has 5 heteroatoms. The Morgan fingerprint density at radius 2 is 2.04 bits per heavy atom. The van der Waals surface area contributed by atoms with Crippen LogP contribution in [0.4, 0.5) is 4.39 Å². The zero-order valence-electron chi connectivity index (χ0n) is 13.9. The number of likely N-dealkylation sites (tertiary alicyclic amines) is 1. The number of nitriles is 1. The van der Waals surface area contributed by atoms with E-state index >= 15 is 0 Å². The van der Waals surface area contributed by atoms with Crippen LogP contribution in [0.15, 0.2) is 48.5 Å². The quantitative estimate of drug-likeness (QED) is 0.881. The minimum atomic E-state index is -0.337. The van der Waals surface area contributed by atoms with Gasteiger partial charge in [0.25, 0.3) is 0 Å². The van der Waals surface area contributed by atoms with Crippen molar-refractivity contribution in [2.75, 3.05) is 13.1 Å². The number of nitrogens with zero attached hydrogens (tertiary/aromatic N) is 2. The molecule has 1 aliphatic heterocycles. The third-order valence-corrected chi connectivity index (χ3v) is 4.49. The van der Waals surface area contributed by atoms with Gasteiger partial charge in [-0.2, -0.15) is 5.26 Å². The molecule has 1 N–H and O–H groups in total. The lowest BCUT2D eigenvalue weighted by Gasteiger charge is -2.25. The van der Waals surface area contributed by atoms with Gasteiger partial charge in [-0.15, -0.1) is 0 Å². The normalized spacial score (nSPS) is 15.2. The van der Waals surface area contributed by atoms with Crippen LogP contribution >= 0.6 is 0 Å². The highest BCUT2D eigenvalue weighted by molar-refractivity contribution is 5.78. The highest BCUT2D eigenvalue weighted by Crippen LogP contribution is 2.20. The molecular formula is C20H20FN3O. The molecule has 2 aromatic carbocycles. The zero-order chi connectivity index (χ0) is 17.6. The van der Waals surface area contributed by atoms with E-state index in [1.165, 1.54) is 12.1 Å². The van der Waals surface area contributed by atoms with Crippen molar-refractivity contribution >= 4 is 5.91 Å². The molecule has 0 unspecified atom stereocenters. The Kier molecular flexibility index (Phi) is 5.42. The van der Waals surface area contributed by atoms with E-state index < -0.39 is 0 Å². The van der Waals surface area contributed by atoms with Crippen molar-refractivity contribution in [1.29, 1.82) is 5.26 Å². The Morgan fingerprint density at radius 3 is 2.72 bits per heavy atom. The molecule has 0 aromatic heterocycles. The topological polar surface area (TPSA) is 56.1 Å². The van der Waals surface area contributed by atoms with Crippen molar-refractivity contribution < 1.29 is 9.18 Å². The van der Waals surface area contributed by atoms with E-state index in [0.717, 1.165) is 18.5 Å². The molecular weight excluding hydrogens is 317 g/mol. The number of hydrogen-bond donors (Lipinski definition) is 1. The Hall–Kier alpha value is -2.71. The van der Waals surface area contributed by atoms with Gasteiger partial charge in [-0.25, -0.2) is 4.39 Å². The summed E-state index contributed by atoms with van der Waals surface area (Å²) in [6, 6.07) is 16.1. The van der Waals surface area contributed by atoms with E-state index in [-0.39, 0.29) is 17.8 Å². The van der Waals surface area contributed by atoms with Gasteiger partial charge < -0.3 is 10.2 Å². The summed E-state index contributed by atoms with van der Waals surface area (Å²) in [6.07, 6.45) is 1.49. The summed E-state index contributed by atoms with van der Waals surface area (Å²) in [5.41, 5.74) is 1.94. The molecule has 0 saturated carbocycles. The number of hydrogen-bond acceptors (Lipinski definition) is 3. The van der Waals surface area contributed by atoms with Gasteiger partial charge in [-0.05, 0) is 30.2 Å². The number of rotatable bonds is 6. The first-order chi connectivity index (χ1) is 12.2. The maximum Gasteiger partial charge on any atom is 0.222 e. The molecule has 1 saturated heterocycles. The first-order valence-electron chi connectivity index (χ1n) is 8.42. The maximum absolute atomic E-state index is 14.0. The predicted molar refractivity (Wildman–Crippen MR) is 93.0 cm³/mol. The standard InChI is InChI=1S/C20H20FN3O/c21-18-9-8-15(12-22)11-17(18)13-23-19(16-5-2-1-3-6-16)14-24-10-4-7-20(24)25/h1-3,5-6,8-9,11,19,23H,4,7,10,13-14H2/t19-/m0/s1. The van der Waals surface area contributed by atoms with E-state index in [9.17, 15) is 9.18 Å². The van der Waals surface area contributed by atoms with E-state index in [2.05, 4.69) is 5.32 Å². The van der Waals surface area contributed by atoms with Crippen LogP contribution in [-0.2, 0) is 11.3 Å². The van der Waals surface area contributed by atoms with Gasteiger partial charge >= 0.3 is 0 Å². The smallest absolute Gasteiger partial charge is 0.222 e. The fraction of sp³-hybridized carbons (Fsp3) is 0.300. The summed E-state index contributed by atoms with van der Waals surface area (Å²) < 4.78 is 14.0. The van der Waals surface area contributed by atoms with Gasteiger partial charge in [0.2, 0.25) is 5.91 Å². The van der Waals surface area contributed by atoms with Crippen molar-refractivity contribution in [2.45, 2.75) is 25.4 Å². The van der Waals surface area contributed by atoms with Crippen LogP contribution in [0, 0.1) is 17.1 Å². The van der Waals surface area contributed by atoms with E-state index in [1.807, 2.05) is 41.3 Å². The molecule has 25 heavy (non-hydrogen) atoms. The van der Waals surface area contributed by atoms with Gasteiger partial charge in [0.05, 0.1) is 17.7 Å². The van der Waals surface area contributed by atoms with Crippen LogP contribution in [0.3, 0.4) is 0 Å². The number of nitrogens with one attached hydrogen (secondary N) is 1. The van der Waals surface area contributed by atoms with Gasteiger partial charge in [0.1, 0.15) is 5.82 Å². The van der Waals surface area contributed by atoms with Crippen LogP contribution in [0.1, 0.15) is 35.6 Å².